The van der Waals surface area contributed by atoms with Crippen LogP contribution < -0.4 is 4.90 Å². The Morgan fingerprint density at radius 2 is 1.95 bits per heavy atom. The van der Waals surface area contributed by atoms with Gasteiger partial charge in [-0.25, -0.2) is 0 Å². The molecule has 3 heterocycles. The maximum Gasteiger partial charge on any atom is 0.229 e. The predicted octanol–water partition coefficient (Wildman–Crippen LogP) is 1.72. The van der Waals surface area contributed by atoms with Crippen LogP contribution in [0.5, 0.6) is 0 Å². The Labute approximate surface area is 117 Å². The van der Waals surface area contributed by atoms with Gasteiger partial charge >= 0.3 is 0 Å². The van der Waals surface area contributed by atoms with Crippen molar-refractivity contribution in [2.75, 3.05) is 31.1 Å². The Morgan fingerprint density at radius 3 is 2.53 bits per heavy atom. The lowest BCUT2D eigenvalue weighted by atomic mass is 9.99. The van der Waals surface area contributed by atoms with Crippen LogP contribution in [-0.2, 0) is 4.79 Å². The average Bonchev–Trinajstić information content (AvgIpc) is 2.98. The van der Waals surface area contributed by atoms with Gasteiger partial charge in [-0.1, -0.05) is 25.2 Å². The molecule has 1 aromatic heterocycles. The third kappa shape index (κ3) is 2.45. The van der Waals surface area contributed by atoms with E-state index >= 15 is 0 Å². The monoisotopic (exact) mass is 280 g/mol. The largest absolute Gasteiger partial charge is 0.345 e. The van der Waals surface area contributed by atoms with Crippen molar-refractivity contribution >= 4 is 22.4 Å². The third-order valence-corrected chi connectivity index (χ3v) is 5.13. The highest BCUT2D eigenvalue weighted by molar-refractivity contribution is 7.15. The highest BCUT2D eigenvalue weighted by Crippen LogP contribution is 2.31. The number of rotatable bonds is 3. The first-order valence-electron chi connectivity index (χ1n) is 7.02. The molecule has 1 aromatic rings. The first-order chi connectivity index (χ1) is 9.15. The molecule has 0 bridgehead atoms. The summed E-state index contributed by atoms with van der Waals surface area (Å²) in [6, 6.07) is 0. The standard InChI is InChI=1S/C13H20N4OS/c1-9(2)11-14-15-13(19-11)17-7-10(8-17)12(18)16-5-3-4-6-16/h9-10H,3-8H2,1-2H3. The molecule has 0 radical (unpaired) electrons. The zero-order valence-electron chi connectivity index (χ0n) is 11.5. The molecule has 3 rings (SSSR count). The Balaban J connectivity index is 1.55. The average molecular weight is 280 g/mol. The lowest BCUT2D eigenvalue weighted by Gasteiger charge is -2.39. The van der Waals surface area contributed by atoms with Gasteiger partial charge < -0.3 is 9.80 Å². The van der Waals surface area contributed by atoms with Crippen LogP contribution in [0.25, 0.3) is 0 Å². The number of likely N-dealkylation sites (tertiary alicyclic amines) is 1. The highest BCUT2D eigenvalue weighted by Gasteiger charge is 2.37. The molecule has 0 aromatic carbocycles. The molecule has 0 unspecified atom stereocenters. The molecule has 2 saturated heterocycles. The van der Waals surface area contributed by atoms with Crippen LogP contribution in [0.2, 0.25) is 0 Å². The van der Waals surface area contributed by atoms with Gasteiger partial charge in [-0.3, -0.25) is 4.79 Å². The van der Waals surface area contributed by atoms with Crippen LogP contribution in [0.3, 0.4) is 0 Å². The fraction of sp³-hybridized carbons (Fsp3) is 0.769. The van der Waals surface area contributed by atoms with E-state index in [0.29, 0.717) is 11.8 Å². The van der Waals surface area contributed by atoms with Gasteiger partial charge in [0.25, 0.3) is 0 Å². The maximum atomic E-state index is 12.2. The van der Waals surface area contributed by atoms with E-state index in [1.54, 1.807) is 11.3 Å². The van der Waals surface area contributed by atoms with Crippen molar-refractivity contribution in [3.8, 4) is 0 Å². The van der Waals surface area contributed by atoms with Crippen molar-refractivity contribution in [3.05, 3.63) is 5.01 Å². The van der Waals surface area contributed by atoms with Crippen molar-refractivity contribution < 1.29 is 4.79 Å². The number of anilines is 1. The van der Waals surface area contributed by atoms with Crippen LogP contribution in [0.4, 0.5) is 5.13 Å². The number of aromatic nitrogens is 2. The topological polar surface area (TPSA) is 49.3 Å². The zero-order valence-corrected chi connectivity index (χ0v) is 12.3. The second-order valence-electron chi connectivity index (χ2n) is 5.71. The van der Waals surface area contributed by atoms with E-state index in [9.17, 15) is 4.79 Å². The molecule has 0 aliphatic carbocycles. The van der Waals surface area contributed by atoms with Gasteiger partial charge in [-0.2, -0.15) is 0 Å². The molecular formula is C13H20N4OS. The number of carbonyl (C=O) groups is 1. The van der Waals surface area contributed by atoms with E-state index in [-0.39, 0.29) is 5.92 Å². The molecule has 2 aliphatic heterocycles. The van der Waals surface area contributed by atoms with Gasteiger partial charge in [0.1, 0.15) is 5.01 Å². The van der Waals surface area contributed by atoms with Crippen molar-refractivity contribution in [2.24, 2.45) is 5.92 Å². The predicted molar refractivity (Wildman–Crippen MR) is 75.5 cm³/mol. The van der Waals surface area contributed by atoms with E-state index in [4.69, 9.17) is 0 Å². The number of hydrogen-bond donors (Lipinski definition) is 0. The Hall–Kier alpha value is -1.17. The summed E-state index contributed by atoms with van der Waals surface area (Å²) in [6.07, 6.45) is 2.33. The van der Waals surface area contributed by atoms with Crippen LogP contribution in [0, 0.1) is 5.92 Å². The summed E-state index contributed by atoms with van der Waals surface area (Å²) in [5, 5.41) is 10.5. The van der Waals surface area contributed by atoms with Gasteiger partial charge in [0.15, 0.2) is 0 Å². The highest BCUT2D eigenvalue weighted by atomic mass is 32.1. The smallest absolute Gasteiger partial charge is 0.229 e. The number of nitrogens with zero attached hydrogens (tertiary/aromatic N) is 4. The molecule has 2 aliphatic rings. The van der Waals surface area contributed by atoms with Crippen molar-refractivity contribution in [1.82, 2.24) is 15.1 Å². The molecule has 5 nitrogen and oxygen atoms in total. The van der Waals surface area contributed by atoms with Gasteiger partial charge in [-0.05, 0) is 12.8 Å². The molecule has 0 N–H and O–H groups in total. The van der Waals surface area contributed by atoms with Gasteiger partial charge in [-0.15, -0.1) is 10.2 Å². The summed E-state index contributed by atoms with van der Waals surface area (Å²) >= 11 is 1.65. The minimum atomic E-state index is 0.171. The van der Waals surface area contributed by atoms with E-state index < -0.39 is 0 Å². The zero-order chi connectivity index (χ0) is 13.4. The summed E-state index contributed by atoms with van der Waals surface area (Å²) in [4.78, 5) is 16.4. The minimum Gasteiger partial charge on any atom is -0.345 e. The second-order valence-corrected chi connectivity index (χ2v) is 6.70. The quantitative estimate of drug-likeness (QED) is 0.846. The van der Waals surface area contributed by atoms with Crippen LogP contribution in [0.1, 0.15) is 37.6 Å². The Bertz CT molecular complexity index is 461. The van der Waals surface area contributed by atoms with E-state index in [0.717, 1.165) is 49.2 Å². The lowest BCUT2D eigenvalue weighted by molar-refractivity contribution is -0.135. The number of carbonyl (C=O) groups excluding carboxylic acids is 1. The molecule has 6 heteroatoms. The molecule has 0 atom stereocenters. The fourth-order valence-electron chi connectivity index (χ4n) is 2.57. The summed E-state index contributed by atoms with van der Waals surface area (Å²) in [7, 11) is 0. The second kappa shape index (κ2) is 5.07. The maximum absolute atomic E-state index is 12.2. The fourth-order valence-corrected chi connectivity index (χ4v) is 3.44. The van der Waals surface area contributed by atoms with Crippen molar-refractivity contribution in [2.45, 2.75) is 32.6 Å². The Kier molecular flexibility index (Phi) is 3.43. The summed E-state index contributed by atoms with van der Waals surface area (Å²) in [5.41, 5.74) is 0. The minimum absolute atomic E-state index is 0.171. The van der Waals surface area contributed by atoms with Crippen molar-refractivity contribution in [1.29, 1.82) is 0 Å². The van der Waals surface area contributed by atoms with Gasteiger partial charge in [0.2, 0.25) is 11.0 Å². The van der Waals surface area contributed by atoms with Crippen LogP contribution in [0.15, 0.2) is 0 Å². The van der Waals surface area contributed by atoms with Crippen LogP contribution >= 0.6 is 11.3 Å². The van der Waals surface area contributed by atoms with Crippen molar-refractivity contribution in [3.63, 3.8) is 0 Å². The molecular weight excluding hydrogens is 260 g/mol. The van der Waals surface area contributed by atoms with E-state index in [1.807, 2.05) is 4.90 Å². The number of hydrogen-bond acceptors (Lipinski definition) is 5. The normalized spacial score (nSPS) is 20.2. The van der Waals surface area contributed by atoms with Gasteiger partial charge in [0, 0.05) is 32.1 Å². The third-order valence-electron chi connectivity index (χ3n) is 3.84. The molecule has 0 saturated carbocycles. The van der Waals surface area contributed by atoms with Crippen LogP contribution in [-0.4, -0.2) is 47.2 Å². The van der Waals surface area contributed by atoms with E-state index in [2.05, 4.69) is 28.9 Å². The first kappa shape index (κ1) is 12.8. The molecule has 2 fully saturated rings. The molecule has 1 amide bonds. The Morgan fingerprint density at radius 1 is 1.26 bits per heavy atom. The molecule has 104 valence electrons. The molecule has 0 spiro atoms. The summed E-state index contributed by atoms with van der Waals surface area (Å²) < 4.78 is 0. The summed E-state index contributed by atoms with van der Waals surface area (Å²) in [6.45, 7) is 7.77. The number of amides is 1. The first-order valence-corrected chi connectivity index (χ1v) is 7.84. The van der Waals surface area contributed by atoms with E-state index in [1.165, 1.54) is 0 Å². The lowest BCUT2D eigenvalue weighted by Crippen LogP contribution is -2.54. The SMILES string of the molecule is CC(C)c1nnc(N2CC(C(=O)N3CCCC3)C2)s1. The summed E-state index contributed by atoms with van der Waals surface area (Å²) in [5.74, 6) is 0.932. The molecule has 19 heavy (non-hydrogen) atoms. The van der Waals surface area contributed by atoms with Gasteiger partial charge in [0.05, 0.1) is 5.92 Å².